The number of carbonyl (C=O) groups excluding carboxylic acids is 1. The third kappa shape index (κ3) is 3.27. The van der Waals surface area contributed by atoms with E-state index in [-0.39, 0.29) is 11.7 Å². The van der Waals surface area contributed by atoms with Crippen molar-refractivity contribution < 1.29 is 13.6 Å². The van der Waals surface area contributed by atoms with Crippen LogP contribution in [0.5, 0.6) is 0 Å². The highest BCUT2D eigenvalue weighted by Gasteiger charge is 2.09. The van der Waals surface area contributed by atoms with E-state index in [4.69, 9.17) is 0 Å². The van der Waals surface area contributed by atoms with Gasteiger partial charge in [-0.1, -0.05) is 0 Å². The maximum atomic E-state index is 13.4. The van der Waals surface area contributed by atoms with Crippen molar-refractivity contribution in [1.82, 2.24) is 20.3 Å². The number of fused-ring (bicyclic) bond motifs is 1. The van der Waals surface area contributed by atoms with Gasteiger partial charge in [0.25, 0.3) is 0 Å². The third-order valence-corrected chi connectivity index (χ3v) is 3.20. The lowest BCUT2D eigenvalue weighted by molar-refractivity contribution is 0.252. The quantitative estimate of drug-likeness (QED) is 0.774. The summed E-state index contributed by atoms with van der Waals surface area (Å²) in [4.78, 5) is 24.2. The molecule has 0 aliphatic carbocycles. The molecule has 122 valence electrons. The minimum Gasteiger partial charge on any atom is -0.338 e. The average molecular weight is 329 g/mol. The van der Waals surface area contributed by atoms with Crippen molar-refractivity contribution in [2.45, 2.75) is 6.92 Å². The van der Waals surface area contributed by atoms with E-state index in [0.29, 0.717) is 29.1 Å². The molecular weight excluding hydrogens is 316 g/mol. The number of aromatic nitrogens is 3. The Morgan fingerprint density at radius 2 is 1.96 bits per heavy atom. The van der Waals surface area contributed by atoms with Gasteiger partial charge in [-0.3, -0.25) is 10.3 Å². The number of hydrogen-bond donors (Lipinski definition) is 2. The van der Waals surface area contributed by atoms with Crippen LogP contribution in [-0.2, 0) is 0 Å². The lowest BCUT2D eigenvalue weighted by Gasteiger charge is -2.06. The zero-order chi connectivity index (χ0) is 17.1. The van der Waals surface area contributed by atoms with Gasteiger partial charge in [0.05, 0.1) is 11.9 Å². The summed E-state index contributed by atoms with van der Waals surface area (Å²) in [5, 5.41) is 5.16. The van der Waals surface area contributed by atoms with Crippen molar-refractivity contribution in [2.24, 2.45) is 0 Å². The second-order valence-electron chi connectivity index (χ2n) is 4.91. The van der Waals surface area contributed by atoms with Gasteiger partial charge in [0.15, 0.2) is 17.3 Å². The molecule has 0 radical (unpaired) electrons. The molecule has 0 unspecified atom stereocenters. The number of hydrogen-bond acceptors (Lipinski definition) is 4. The summed E-state index contributed by atoms with van der Waals surface area (Å²) in [7, 11) is 0. The van der Waals surface area contributed by atoms with Crippen LogP contribution in [-0.4, -0.2) is 27.5 Å². The molecule has 0 atom stereocenters. The molecule has 0 bridgehead atoms. The molecule has 3 rings (SSSR count). The van der Waals surface area contributed by atoms with Crippen LogP contribution < -0.4 is 10.6 Å². The van der Waals surface area contributed by atoms with Gasteiger partial charge < -0.3 is 5.32 Å². The van der Waals surface area contributed by atoms with Gasteiger partial charge in [-0.15, -0.1) is 0 Å². The Balaban J connectivity index is 1.96. The molecule has 0 saturated heterocycles. The van der Waals surface area contributed by atoms with Crippen LogP contribution in [0.15, 0.2) is 36.5 Å². The van der Waals surface area contributed by atoms with E-state index >= 15 is 0 Å². The van der Waals surface area contributed by atoms with Gasteiger partial charge in [-0.05, 0) is 37.3 Å². The number of nitrogens with zero attached hydrogens (tertiary/aromatic N) is 3. The number of amides is 2. The highest BCUT2D eigenvalue weighted by atomic mass is 19.2. The monoisotopic (exact) mass is 329 g/mol. The number of pyridine rings is 1. The molecule has 0 fully saturated rings. The van der Waals surface area contributed by atoms with E-state index in [1.807, 2.05) is 0 Å². The van der Waals surface area contributed by atoms with Crippen molar-refractivity contribution in [3.63, 3.8) is 0 Å². The van der Waals surface area contributed by atoms with E-state index in [9.17, 15) is 13.6 Å². The topological polar surface area (TPSA) is 79.8 Å². The first-order valence-electron chi connectivity index (χ1n) is 7.21. The summed E-state index contributed by atoms with van der Waals surface area (Å²) in [5.41, 5.74) is 1.53. The van der Waals surface area contributed by atoms with E-state index in [0.717, 1.165) is 12.1 Å². The predicted molar refractivity (Wildman–Crippen MR) is 85.4 cm³/mol. The molecule has 0 aliphatic rings. The van der Waals surface area contributed by atoms with Gasteiger partial charge >= 0.3 is 6.03 Å². The lowest BCUT2D eigenvalue weighted by Crippen LogP contribution is -2.28. The van der Waals surface area contributed by atoms with Crippen molar-refractivity contribution in [3.05, 3.63) is 48.2 Å². The van der Waals surface area contributed by atoms with Crippen LogP contribution in [0.25, 0.3) is 22.4 Å². The largest absolute Gasteiger partial charge is 0.338 e. The van der Waals surface area contributed by atoms with Crippen LogP contribution in [0.2, 0.25) is 0 Å². The van der Waals surface area contributed by atoms with Crippen LogP contribution in [0.4, 0.5) is 19.4 Å². The Labute approximate surface area is 136 Å². The molecule has 8 heteroatoms. The zero-order valence-corrected chi connectivity index (χ0v) is 12.7. The molecule has 0 aliphatic heterocycles. The normalized spacial score (nSPS) is 10.6. The number of halogens is 2. The minimum atomic E-state index is -0.964. The Morgan fingerprint density at radius 1 is 1.12 bits per heavy atom. The van der Waals surface area contributed by atoms with Crippen LogP contribution in [0.1, 0.15) is 6.92 Å². The van der Waals surface area contributed by atoms with E-state index in [1.165, 1.54) is 12.3 Å². The smallest absolute Gasteiger partial charge is 0.320 e. The van der Waals surface area contributed by atoms with Gasteiger partial charge in [-0.25, -0.2) is 23.5 Å². The number of urea groups is 1. The highest BCUT2D eigenvalue weighted by Crippen LogP contribution is 2.21. The molecule has 0 spiro atoms. The highest BCUT2D eigenvalue weighted by molar-refractivity contribution is 5.89. The van der Waals surface area contributed by atoms with Crippen LogP contribution in [0, 0.1) is 11.6 Å². The Morgan fingerprint density at radius 3 is 2.71 bits per heavy atom. The fourth-order valence-electron chi connectivity index (χ4n) is 2.08. The second-order valence-corrected chi connectivity index (χ2v) is 4.91. The molecule has 2 heterocycles. The fourth-order valence-corrected chi connectivity index (χ4v) is 2.08. The second kappa shape index (κ2) is 6.53. The fraction of sp³-hybridized carbons (Fsp3) is 0.125. The number of rotatable bonds is 3. The van der Waals surface area contributed by atoms with Gasteiger partial charge in [0, 0.05) is 12.1 Å². The van der Waals surface area contributed by atoms with Crippen LogP contribution >= 0.6 is 0 Å². The lowest BCUT2D eigenvalue weighted by atomic mass is 10.1. The number of benzene rings is 1. The summed E-state index contributed by atoms with van der Waals surface area (Å²) in [5.74, 6) is -1.58. The Bertz CT molecular complexity index is 916. The van der Waals surface area contributed by atoms with Crippen LogP contribution in [0.3, 0.4) is 0 Å². The van der Waals surface area contributed by atoms with E-state index in [2.05, 4.69) is 25.6 Å². The first kappa shape index (κ1) is 15.7. The Kier molecular flexibility index (Phi) is 4.28. The molecule has 1 aromatic carbocycles. The minimum absolute atomic E-state index is 0.284. The predicted octanol–water partition coefficient (Wildman–Crippen LogP) is 3.11. The van der Waals surface area contributed by atoms with Crippen molar-refractivity contribution in [1.29, 1.82) is 0 Å². The molecule has 2 aromatic heterocycles. The van der Waals surface area contributed by atoms with Crippen molar-refractivity contribution in [3.8, 4) is 11.3 Å². The molecule has 0 saturated carbocycles. The van der Waals surface area contributed by atoms with Crippen molar-refractivity contribution in [2.75, 3.05) is 11.9 Å². The first-order valence-corrected chi connectivity index (χ1v) is 7.21. The van der Waals surface area contributed by atoms with Crippen molar-refractivity contribution >= 4 is 23.0 Å². The Hall–Kier alpha value is -3.16. The van der Waals surface area contributed by atoms with Gasteiger partial charge in [0.1, 0.15) is 11.3 Å². The molecular formula is C16H13F2N5O. The summed E-state index contributed by atoms with van der Waals surface area (Å²) < 4.78 is 26.4. The first-order chi connectivity index (χ1) is 11.6. The average Bonchev–Trinajstić information content (AvgIpc) is 2.57. The number of nitrogens with one attached hydrogen (secondary N) is 2. The van der Waals surface area contributed by atoms with Gasteiger partial charge in [-0.2, -0.15) is 0 Å². The maximum Gasteiger partial charge on any atom is 0.320 e. The molecule has 3 aromatic rings. The summed E-state index contributed by atoms with van der Waals surface area (Å²) in [6.45, 7) is 2.28. The summed E-state index contributed by atoms with van der Waals surface area (Å²) in [6.07, 6.45) is 1.45. The molecule has 2 amide bonds. The standard InChI is InChI=1S/C16H13F2N5O/c1-2-19-16(24)23-14-6-5-12-15(22-14)21-13(8-20-12)9-3-4-10(17)11(18)7-9/h3-8H,2H2,1H3,(H2,19,21,22,23,24). The SMILES string of the molecule is CCNC(=O)Nc1ccc2ncc(-c3ccc(F)c(F)c3)nc2n1. The number of anilines is 1. The summed E-state index contributed by atoms with van der Waals surface area (Å²) >= 11 is 0. The van der Waals surface area contributed by atoms with E-state index in [1.54, 1.807) is 19.1 Å². The number of carbonyl (C=O) groups is 1. The third-order valence-electron chi connectivity index (χ3n) is 3.20. The molecule has 6 nitrogen and oxygen atoms in total. The van der Waals surface area contributed by atoms with Gasteiger partial charge in [0.2, 0.25) is 0 Å². The molecule has 24 heavy (non-hydrogen) atoms. The zero-order valence-electron chi connectivity index (χ0n) is 12.7. The summed E-state index contributed by atoms with van der Waals surface area (Å²) in [6, 6.07) is 6.36. The molecule has 2 N–H and O–H groups in total. The maximum absolute atomic E-state index is 13.4. The van der Waals surface area contributed by atoms with E-state index < -0.39 is 11.6 Å².